The van der Waals surface area contributed by atoms with Crippen molar-refractivity contribution in [1.82, 2.24) is 5.32 Å². The van der Waals surface area contributed by atoms with E-state index < -0.39 is 0 Å². The summed E-state index contributed by atoms with van der Waals surface area (Å²) in [6.45, 7) is 2.85. The van der Waals surface area contributed by atoms with E-state index in [4.69, 9.17) is 17.3 Å². The molecular weight excluding hydrogens is 224 g/mol. The Balaban J connectivity index is 2.59. The van der Waals surface area contributed by atoms with Crippen molar-refractivity contribution in [2.45, 2.75) is 6.92 Å². The number of aryl methyl sites for hydroxylation is 1. The third-order valence-electron chi connectivity index (χ3n) is 2.12. The van der Waals surface area contributed by atoms with Gasteiger partial charge in [0.25, 0.3) is 5.91 Å². The van der Waals surface area contributed by atoms with E-state index in [1.165, 1.54) is 0 Å². The van der Waals surface area contributed by atoms with E-state index in [-0.39, 0.29) is 5.91 Å². The highest BCUT2D eigenvalue weighted by Crippen LogP contribution is 2.16. The van der Waals surface area contributed by atoms with Crippen molar-refractivity contribution in [3.63, 3.8) is 0 Å². The number of carbonyl (C=O) groups excluding carboxylic acids is 1. The maximum Gasteiger partial charge on any atom is 0.251 e. The quantitative estimate of drug-likeness (QED) is 0.788. The summed E-state index contributed by atoms with van der Waals surface area (Å²) < 4.78 is 0. The lowest BCUT2D eigenvalue weighted by molar-refractivity contribution is 0.0958. The molecule has 1 aromatic carbocycles. The largest absolute Gasteiger partial charge is 0.349 e. The second-order valence-electron chi connectivity index (χ2n) is 3.38. The molecule has 0 heterocycles. The first kappa shape index (κ1) is 12.7. The van der Waals surface area contributed by atoms with Crippen LogP contribution in [0, 0.1) is 6.92 Å². The van der Waals surface area contributed by atoms with Crippen molar-refractivity contribution in [2.24, 2.45) is 5.73 Å². The molecule has 0 bridgehead atoms. The molecule has 1 rings (SSSR count). The van der Waals surface area contributed by atoms with Gasteiger partial charge in [0, 0.05) is 23.7 Å². The second kappa shape index (κ2) is 6.30. The fraction of sp³-hybridized carbons (Fsp3) is 0.250. The summed E-state index contributed by atoms with van der Waals surface area (Å²) >= 11 is 5.93. The predicted octanol–water partition coefficient (Wildman–Crippen LogP) is 1.89. The number of carbonyl (C=O) groups is 1. The highest BCUT2D eigenvalue weighted by atomic mass is 35.5. The number of halogens is 1. The van der Waals surface area contributed by atoms with Crippen LogP contribution < -0.4 is 11.1 Å². The highest BCUT2D eigenvalue weighted by Gasteiger charge is 2.05. The lowest BCUT2D eigenvalue weighted by Crippen LogP contribution is -2.23. The number of nitrogens with one attached hydrogen (secondary N) is 1. The van der Waals surface area contributed by atoms with Crippen LogP contribution in [0.25, 0.3) is 0 Å². The van der Waals surface area contributed by atoms with Crippen molar-refractivity contribution in [3.05, 3.63) is 46.5 Å². The number of benzene rings is 1. The zero-order chi connectivity index (χ0) is 12.0. The van der Waals surface area contributed by atoms with E-state index in [1.807, 2.05) is 19.1 Å². The van der Waals surface area contributed by atoms with Gasteiger partial charge in [-0.1, -0.05) is 29.8 Å². The van der Waals surface area contributed by atoms with E-state index in [9.17, 15) is 4.79 Å². The van der Waals surface area contributed by atoms with Gasteiger partial charge in [-0.3, -0.25) is 4.79 Å². The van der Waals surface area contributed by atoms with Crippen LogP contribution in [-0.2, 0) is 0 Å². The first-order valence-electron chi connectivity index (χ1n) is 5.04. The van der Waals surface area contributed by atoms with Gasteiger partial charge >= 0.3 is 0 Å². The van der Waals surface area contributed by atoms with Gasteiger partial charge in [-0.25, -0.2) is 0 Å². The average molecular weight is 239 g/mol. The molecule has 3 nitrogen and oxygen atoms in total. The van der Waals surface area contributed by atoms with Crippen LogP contribution >= 0.6 is 11.6 Å². The third-order valence-corrected chi connectivity index (χ3v) is 2.52. The molecule has 0 saturated heterocycles. The molecule has 16 heavy (non-hydrogen) atoms. The number of amides is 1. The molecule has 0 aliphatic rings. The summed E-state index contributed by atoms with van der Waals surface area (Å²) in [5.41, 5.74) is 6.80. The predicted molar refractivity (Wildman–Crippen MR) is 66.7 cm³/mol. The molecule has 0 unspecified atom stereocenters. The van der Waals surface area contributed by atoms with Crippen LogP contribution in [0.2, 0.25) is 5.02 Å². The van der Waals surface area contributed by atoms with Gasteiger partial charge in [0.15, 0.2) is 0 Å². The number of hydrogen-bond acceptors (Lipinski definition) is 2. The van der Waals surface area contributed by atoms with Crippen molar-refractivity contribution in [1.29, 1.82) is 0 Å². The van der Waals surface area contributed by atoms with Gasteiger partial charge in [-0.05, 0) is 24.6 Å². The lowest BCUT2D eigenvalue weighted by Gasteiger charge is -2.04. The summed E-state index contributed by atoms with van der Waals surface area (Å²) in [7, 11) is 0. The van der Waals surface area contributed by atoms with E-state index in [0.717, 1.165) is 5.56 Å². The molecule has 0 aromatic heterocycles. The minimum Gasteiger partial charge on any atom is -0.349 e. The van der Waals surface area contributed by atoms with Crippen LogP contribution in [0.4, 0.5) is 0 Å². The number of hydrogen-bond donors (Lipinski definition) is 2. The molecule has 3 N–H and O–H groups in total. The SMILES string of the molecule is Cc1ccc(C(=O)NC/C=C/CN)cc1Cl. The van der Waals surface area contributed by atoms with E-state index in [1.54, 1.807) is 18.2 Å². The van der Waals surface area contributed by atoms with Crippen molar-refractivity contribution >= 4 is 17.5 Å². The number of rotatable bonds is 4. The van der Waals surface area contributed by atoms with E-state index in [2.05, 4.69) is 5.32 Å². The van der Waals surface area contributed by atoms with Crippen LogP contribution in [0.1, 0.15) is 15.9 Å². The fourth-order valence-corrected chi connectivity index (χ4v) is 1.35. The number of nitrogens with two attached hydrogens (primary N) is 1. The summed E-state index contributed by atoms with van der Waals surface area (Å²) in [5, 5.41) is 3.34. The molecule has 0 spiro atoms. The summed E-state index contributed by atoms with van der Waals surface area (Å²) in [5.74, 6) is -0.136. The molecule has 0 fully saturated rings. The Labute approximate surface area is 100 Å². The Hall–Kier alpha value is -1.32. The Morgan fingerprint density at radius 2 is 2.25 bits per heavy atom. The van der Waals surface area contributed by atoms with Gasteiger partial charge in [-0.2, -0.15) is 0 Å². The van der Waals surface area contributed by atoms with E-state index >= 15 is 0 Å². The van der Waals surface area contributed by atoms with Gasteiger partial charge in [0.2, 0.25) is 0 Å². The maximum atomic E-state index is 11.6. The maximum absolute atomic E-state index is 11.6. The molecule has 4 heteroatoms. The molecule has 0 radical (unpaired) electrons. The Morgan fingerprint density at radius 1 is 1.50 bits per heavy atom. The summed E-state index contributed by atoms with van der Waals surface area (Å²) in [6.07, 6.45) is 3.61. The Bertz CT molecular complexity index is 402. The summed E-state index contributed by atoms with van der Waals surface area (Å²) in [6, 6.07) is 5.25. The van der Waals surface area contributed by atoms with Gasteiger partial charge in [-0.15, -0.1) is 0 Å². The van der Waals surface area contributed by atoms with Crippen LogP contribution in [-0.4, -0.2) is 19.0 Å². The average Bonchev–Trinajstić information content (AvgIpc) is 2.28. The molecule has 0 aliphatic heterocycles. The monoisotopic (exact) mass is 238 g/mol. The third kappa shape index (κ3) is 3.68. The summed E-state index contributed by atoms with van der Waals surface area (Å²) in [4.78, 5) is 11.6. The van der Waals surface area contributed by atoms with Crippen LogP contribution in [0.3, 0.4) is 0 Å². The zero-order valence-electron chi connectivity index (χ0n) is 9.16. The fourth-order valence-electron chi connectivity index (χ4n) is 1.17. The van der Waals surface area contributed by atoms with Crippen LogP contribution in [0.5, 0.6) is 0 Å². The van der Waals surface area contributed by atoms with E-state index in [0.29, 0.717) is 23.7 Å². The first-order valence-corrected chi connectivity index (χ1v) is 5.42. The molecule has 0 aliphatic carbocycles. The highest BCUT2D eigenvalue weighted by molar-refractivity contribution is 6.31. The Kier molecular flexibility index (Phi) is 5.02. The standard InChI is InChI=1S/C12H15ClN2O/c1-9-4-5-10(8-11(9)13)12(16)15-7-3-2-6-14/h2-5,8H,6-7,14H2,1H3,(H,15,16)/b3-2+. The minimum absolute atomic E-state index is 0.136. The van der Waals surface area contributed by atoms with Crippen molar-refractivity contribution < 1.29 is 4.79 Å². The topological polar surface area (TPSA) is 55.1 Å². The van der Waals surface area contributed by atoms with Crippen molar-refractivity contribution in [3.8, 4) is 0 Å². The Morgan fingerprint density at radius 3 is 2.88 bits per heavy atom. The molecule has 0 saturated carbocycles. The van der Waals surface area contributed by atoms with Crippen LogP contribution in [0.15, 0.2) is 30.4 Å². The zero-order valence-corrected chi connectivity index (χ0v) is 9.92. The van der Waals surface area contributed by atoms with Gasteiger partial charge < -0.3 is 11.1 Å². The molecule has 86 valence electrons. The molecular formula is C12H15ClN2O. The lowest BCUT2D eigenvalue weighted by atomic mass is 10.1. The van der Waals surface area contributed by atoms with Gasteiger partial charge in [0.05, 0.1) is 0 Å². The second-order valence-corrected chi connectivity index (χ2v) is 3.79. The van der Waals surface area contributed by atoms with Crippen molar-refractivity contribution in [2.75, 3.05) is 13.1 Å². The first-order chi connectivity index (χ1) is 7.65. The molecule has 1 amide bonds. The normalized spacial score (nSPS) is 10.7. The van der Waals surface area contributed by atoms with Gasteiger partial charge in [0.1, 0.15) is 0 Å². The minimum atomic E-state index is -0.136. The molecule has 1 aromatic rings. The molecule has 0 atom stereocenters. The smallest absolute Gasteiger partial charge is 0.251 e.